The topological polar surface area (TPSA) is 61.9 Å². The Hall–Kier alpha value is -1.79. The van der Waals surface area contributed by atoms with Gasteiger partial charge >= 0.3 is 0 Å². The van der Waals surface area contributed by atoms with E-state index in [4.69, 9.17) is 4.74 Å². The van der Waals surface area contributed by atoms with E-state index in [0.29, 0.717) is 24.5 Å². The molecule has 2 aliphatic rings. The first-order valence-electron chi connectivity index (χ1n) is 7.22. The second-order valence-electron chi connectivity index (χ2n) is 5.28. The van der Waals surface area contributed by atoms with Gasteiger partial charge in [0.1, 0.15) is 12.3 Å². The van der Waals surface area contributed by atoms with Crippen molar-refractivity contribution in [3.8, 4) is 5.75 Å². The predicted octanol–water partition coefficient (Wildman–Crippen LogP) is 0.654. The largest absolute Gasteiger partial charge is 0.479 e. The van der Waals surface area contributed by atoms with Crippen molar-refractivity contribution < 1.29 is 14.3 Å². The minimum Gasteiger partial charge on any atom is -0.479 e. The van der Waals surface area contributed by atoms with E-state index in [1.165, 1.54) is 4.90 Å². The lowest BCUT2D eigenvalue weighted by atomic mass is 10.2. The molecule has 0 radical (unpaired) electrons. The van der Waals surface area contributed by atoms with E-state index >= 15 is 0 Å². The number of anilines is 1. The van der Waals surface area contributed by atoms with Gasteiger partial charge in [0.25, 0.3) is 5.91 Å². The van der Waals surface area contributed by atoms with Crippen LogP contribution in [0.2, 0.25) is 0 Å². The molecule has 1 N–H and O–H groups in total. The molecule has 1 saturated heterocycles. The van der Waals surface area contributed by atoms with Crippen LogP contribution in [0.15, 0.2) is 24.3 Å². The summed E-state index contributed by atoms with van der Waals surface area (Å²) in [6.45, 7) is 4.76. The van der Waals surface area contributed by atoms with Crippen molar-refractivity contribution in [2.24, 2.45) is 0 Å². The summed E-state index contributed by atoms with van der Waals surface area (Å²) >= 11 is 0. The Bertz CT molecular complexity index is 561. The molecule has 6 nitrogen and oxygen atoms in total. The highest BCUT2D eigenvalue weighted by molar-refractivity contribution is 6.03. The van der Waals surface area contributed by atoms with Crippen LogP contribution in [0.3, 0.4) is 0 Å². The molecular weight excluding hydrogens is 306 g/mol. The molecule has 3 rings (SSSR count). The third-order valence-corrected chi connectivity index (χ3v) is 3.84. The molecule has 1 aromatic rings. The molecule has 2 heterocycles. The van der Waals surface area contributed by atoms with Crippen molar-refractivity contribution in [2.75, 3.05) is 37.6 Å². The zero-order chi connectivity index (χ0) is 14.8. The third kappa shape index (κ3) is 3.18. The molecule has 1 aromatic carbocycles. The number of hydrogen-bond donors (Lipinski definition) is 1. The molecular formula is C15H20ClN3O3. The molecule has 2 aliphatic heterocycles. The van der Waals surface area contributed by atoms with E-state index in [1.807, 2.05) is 24.3 Å². The fourth-order valence-corrected chi connectivity index (χ4v) is 2.67. The number of carbonyl (C=O) groups is 2. The quantitative estimate of drug-likeness (QED) is 0.867. The van der Waals surface area contributed by atoms with E-state index in [2.05, 4.69) is 5.32 Å². The summed E-state index contributed by atoms with van der Waals surface area (Å²) in [6, 6.07) is 7.33. The van der Waals surface area contributed by atoms with Gasteiger partial charge in [0, 0.05) is 26.2 Å². The maximum atomic E-state index is 12.4. The molecule has 1 unspecified atom stereocenters. The Labute approximate surface area is 135 Å². The normalized spacial score (nSPS) is 20.8. The molecule has 0 saturated carbocycles. The smallest absolute Gasteiger partial charge is 0.268 e. The lowest BCUT2D eigenvalue weighted by molar-refractivity contribution is -0.133. The fourth-order valence-electron chi connectivity index (χ4n) is 2.67. The molecule has 0 aliphatic carbocycles. The monoisotopic (exact) mass is 325 g/mol. The van der Waals surface area contributed by atoms with E-state index < -0.39 is 6.10 Å². The maximum Gasteiger partial charge on any atom is 0.268 e. The van der Waals surface area contributed by atoms with E-state index in [-0.39, 0.29) is 30.8 Å². The Balaban J connectivity index is 0.00000176. The van der Waals surface area contributed by atoms with Crippen molar-refractivity contribution in [3.05, 3.63) is 24.3 Å². The van der Waals surface area contributed by atoms with Gasteiger partial charge in [-0.2, -0.15) is 0 Å². The van der Waals surface area contributed by atoms with Crippen LogP contribution < -0.4 is 15.0 Å². The molecule has 2 amide bonds. The summed E-state index contributed by atoms with van der Waals surface area (Å²) in [6.07, 6.45) is -0.560. The van der Waals surface area contributed by atoms with Crippen LogP contribution in [0.5, 0.6) is 5.75 Å². The molecule has 0 bridgehead atoms. The minimum atomic E-state index is -0.560. The number of fused-ring (bicyclic) bond motifs is 1. The first-order chi connectivity index (χ1) is 10.2. The summed E-state index contributed by atoms with van der Waals surface area (Å²) in [7, 11) is 0. The number of ether oxygens (including phenoxy) is 1. The molecule has 120 valence electrons. The number of carbonyl (C=O) groups excluding carboxylic acids is 2. The number of benzene rings is 1. The van der Waals surface area contributed by atoms with Gasteiger partial charge < -0.3 is 15.0 Å². The molecule has 1 atom stereocenters. The summed E-state index contributed by atoms with van der Waals surface area (Å²) in [5.74, 6) is 0.462. The molecule has 0 spiro atoms. The van der Waals surface area contributed by atoms with Crippen LogP contribution in [0.1, 0.15) is 6.92 Å². The SMILES string of the molecule is CC1Oc2ccccc2N(CC(=O)N2CCNCC2)C1=O.Cl. The number of piperazine rings is 1. The first kappa shape index (κ1) is 16.6. The molecule has 1 fully saturated rings. The van der Waals surface area contributed by atoms with Gasteiger partial charge in [-0.25, -0.2) is 0 Å². The lowest BCUT2D eigenvalue weighted by Crippen LogP contribution is -2.53. The summed E-state index contributed by atoms with van der Waals surface area (Å²) in [5.41, 5.74) is 0.670. The lowest BCUT2D eigenvalue weighted by Gasteiger charge is -2.35. The van der Waals surface area contributed by atoms with E-state index in [0.717, 1.165) is 13.1 Å². The highest BCUT2D eigenvalue weighted by atomic mass is 35.5. The number of nitrogens with zero attached hydrogens (tertiary/aromatic N) is 2. The van der Waals surface area contributed by atoms with Crippen LogP contribution in [0, 0.1) is 0 Å². The Morgan fingerprint density at radius 3 is 2.73 bits per heavy atom. The molecule has 0 aromatic heterocycles. The average Bonchev–Trinajstić information content (AvgIpc) is 2.52. The highest BCUT2D eigenvalue weighted by Crippen LogP contribution is 2.33. The number of halogens is 1. The van der Waals surface area contributed by atoms with Gasteiger partial charge in [0.15, 0.2) is 6.10 Å². The van der Waals surface area contributed by atoms with E-state index in [1.54, 1.807) is 11.8 Å². The van der Waals surface area contributed by atoms with Crippen molar-refractivity contribution in [3.63, 3.8) is 0 Å². The van der Waals surface area contributed by atoms with Gasteiger partial charge in [-0.1, -0.05) is 12.1 Å². The first-order valence-corrected chi connectivity index (χ1v) is 7.22. The van der Waals surface area contributed by atoms with Gasteiger partial charge in [0.05, 0.1) is 5.69 Å². The summed E-state index contributed by atoms with van der Waals surface area (Å²) < 4.78 is 5.58. The van der Waals surface area contributed by atoms with Crippen molar-refractivity contribution in [1.29, 1.82) is 0 Å². The van der Waals surface area contributed by atoms with Crippen molar-refractivity contribution in [1.82, 2.24) is 10.2 Å². The Morgan fingerprint density at radius 1 is 1.32 bits per heavy atom. The van der Waals surface area contributed by atoms with Crippen LogP contribution in [-0.2, 0) is 9.59 Å². The summed E-state index contributed by atoms with van der Waals surface area (Å²) in [4.78, 5) is 28.0. The highest BCUT2D eigenvalue weighted by Gasteiger charge is 2.33. The summed E-state index contributed by atoms with van der Waals surface area (Å²) in [5, 5.41) is 3.21. The Kier molecular flexibility index (Phi) is 5.26. The van der Waals surface area contributed by atoms with Crippen LogP contribution in [-0.4, -0.2) is 55.5 Å². The average molecular weight is 326 g/mol. The standard InChI is InChI=1S/C15H19N3O3.ClH/c1-11-15(20)18(12-4-2-3-5-13(12)21-11)10-14(19)17-8-6-16-7-9-17;/h2-5,11,16H,6-10H2,1H3;1H. The number of hydrogen-bond acceptors (Lipinski definition) is 4. The Morgan fingerprint density at radius 2 is 2.00 bits per heavy atom. The van der Waals surface area contributed by atoms with Crippen molar-refractivity contribution in [2.45, 2.75) is 13.0 Å². The van der Waals surface area contributed by atoms with Crippen LogP contribution in [0.4, 0.5) is 5.69 Å². The number of nitrogens with one attached hydrogen (secondary N) is 1. The van der Waals surface area contributed by atoms with Gasteiger partial charge in [0.2, 0.25) is 5.91 Å². The van der Waals surface area contributed by atoms with Gasteiger partial charge in [-0.15, -0.1) is 12.4 Å². The minimum absolute atomic E-state index is 0. The van der Waals surface area contributed by atoms with Gasteiger partial charge in [-0.05, 0) is 19.1 Å². The van der Waals surface area contributed by atoms with Gasteiger partial charge in [-0.3, -0.25) is 14.5 Å². The number of para-hydroxylation sites is 2. The van der Waals surface area contributed by atoms with E-state index in [9.17, 15) is 9.59 Å². The molecule has 7 heteroatoms. The zero-order valence-electron chi connectivity index (χ0n) is 12.4. The molecule has 22 heavy (non-hydrogen) atoms. The second-order valence-corrected chi connectivity index (χ2v) is 5.28. The third-order valence-electron chi connectivity index (χ3n) is 3.84. The van der Waals surface area contributed by atoms with Crippen LogP contribution in [0.25, 0.3) is 0 Å². The predicted molar refractivity (Wildman–Crippen MR) is 85.6 cm³/mol. The van der Waals surface area contributed by atoms with Crippen molar-refractivity contribution >= 4 is 29.9 Å². The number of amides is 2. The van der Waals surface area contributed by atoms with Crippen LogP contribution >= 0.6 is 12.4 Å². The number of rotatable bonds is 2. The zero-order valence-corrected chi connectivity index (χ0v) is 13.3. The maximum absolute atomic E-state index is 12.4. The second kappa shape index (κ2) is 6.98. The fraction of sp³-hybridized carbons (Fsp3) is 0.467.